The van der Waals surface area contributed by atoms with E-state index >= 15 is 0 Å². The lowest BCUT2D eigenvalue weighted by atomic mass is 10.1. The zero-order chi connectivity index (χ0) is 8.70. The Balaban J connectivity index is 2.97. The molecule has 1 rings (SSSR count). The molecule has 1 saturated heterocycles. The summed E-state index contributed by atoms with van der Waals surface area (Å²) in [4.78, 5) is 0. The van der Waals surface area contributed by atoms with Crippen molar-refractivity contribution < 1.29 is 14.2 Å². The van der Waals surface area contributed by atoms with Gasteiger partial charge in [-0.1, -0.05) is 6.58 Å². The first-order valence-corrected chi connectivity index (χ1v) is 5.30. The summed E-state index contributed by atoms with van der Waals surface area (Å²) < 4.78 is 16.5. The Bertz CT molecular complexity index is 232. The molecule has 0 saturated carbocycles. The molecule has 0 radical (unpaired) electrons. The number of aliphatic hydroxyl groups is 1. The molecule has 1 aliphatic rings. The molecule has 3 nitrogen and oxygen atoms in total. The summed E-state index contributed by atoms with van der Waals surface area (Å²) >= 11 is 0. The van der Waals surface area contributed by atoms with E-state index in [1.165, 1.54) is 7.11 Å². The summed E-state index contributed by atoms with van der Waals surface area (Å²) in [6, 6.07) is 0. The summed E-state index contributed by atoms with van der Waals surface area (Å²) in [6.45, 7) is 5.21. The Morgan fingerprint density at radius 3 is 2.55 bits per heavy atom. The SMILES string of the molecule is C=C1[C@](C)(O)CC[P@@]1(=O)OC. The van der Waals surface area contributed by atoms with Crippen molar-refractivity contribution in [1.82, 2.24) is 0 Å². The van der Waals surface area contributed by atoms with Gasteiger partial charge in [-0.05, 0) is 13.3 Å². The predicted molar refractivity (Wildman–Crippen MR) is 43.9 cm³/mol. The fourth-order valence-corrected chi connectivity index (χ4v) is 3.46. The van der Waals surface area contributed by atoms with E-state index in [0.29, 0.717) is 17.9 Å². The second kappa shape index (κ2) is 2.44. The third kappa shape index (κ3) is 1.28. The van der Waals surface area contributed by atoms with Crippen LogP contribution in [0.5, 0.6) is 0 Å². The third-order valence-electron chi connectivity index (χ3n) is 2.22. The summed E-state index contributed by atoms with van der Waals surface area (Å²) in [5.74, 6) is 0. The van der Waals surface area contributed by atoms with Crippen LogP contribution in [0.15, 0.2) is 11.9 Å². The lowest BCUT2D eigenvalue weighted by Crippen LogP contribution is -2.20. The average Bonchev–Trinajstić information content (AvgIpc) is 2.16. The Morgan fingerprint density at radius 1 is 1.82 bits per heavy atom. The molecule has 4 heteroatoms. The van der Waals surface area contributed by atoms with Crippen LogP contribution in [0.2, 0.25) is 0 Å². The van der Waals surface area contributed by atoms with Crippen LogP contribution in [0.4, 0.5) is 0 Å². The molecule has 0 amide bonds. The molecule has 0 aromatic rings. The zero-order valence-electron chi connectivity index (χ0n) is 6.83. The van der Waals surface area contributed by atoms with E-state index < -0.39 is 13.0 Å². The summed E-state index contributed by atoms with van der Waals surface area (Å²) in [5, 5.41) is 9.93. The highest BCUT2D eigenvalue weighted by molar-refractivity contribution is 7.63. The Morgan fingerprint density at radius 2 is 2.36 bits per heavy atom. The van der Waals surface area contributed by atoms with Gasteiger partial charge in [0.1, 0.15) is 0 Å². The first-order chi connectivity index (χ1) is 4.92. The number of rotatable bonds is 1. The van der Waals surface area contributed by atoms with Gasteiger partial charge in [-0.25, -0.2) is 0 Å². The van der Waals surface area contributed by atoms with Crippen molar-refractivity contribution in [3.8, 4) is 0 Å². The minimum absolute atomic E-state index is 0.354. The van der Waals surface area contributed by atoms with Gasteiger partial charge in [-0.15, -0.1) is 0 Å². The van der Waals surface area contributed by atoms with Crippen LogP contribution >= 0.6 is 7.37 Å². The maximum Gasteiger partial charge on any atom is 0.230 e. The molecule has 0 spiro atoms. The molecular formula is C7H13O3P. The van der Waals surface area contributed by atoms with E-state index in [1.807, 2.05) is 0 Å². The molecule has 2 atom stereocenters. The van der Waals surface area contributed by atoms with Crippen LogP contribution in [0.1, 0.15) is 13.3 Å². The largest absolute Gasteiger partial charge is 0.385 e. The van der Waals surface area contributed by atoms with Gasteiger partial charge < -0.3 is 9.63 Å². The Labute approximate surface area is 66.5 Å². The first-order valence-electron chi connectivity index (χ1n) is 3.49. The van der Waals surface area contributed by atoms with Gasteiger partial charge in [0.15, 0.2) is 0 Å². The minimum Gasteiger partial charge on any atom is -0.385 e. The van der Waals surface area contributed by atoms with Crippen LogP contribution in [0, 0.1) is 0 Å². The average molecular weight is 176 g/mol. The third-order valence-corrected chi connectivity index (χ3v) is 4.93. The second-order valence-electron chi connectivity index (χ2n) is 3.05. The van der Waals surface area contributed by atoms with E-state index in [4.69, 9.17) is 4.52 Å². The maximum absolute atomic E-state index is 11.6. The number of hydrogen-bond donors (Lipinski definition) is 1. The second-order valence-corrected chi connectivity index (χ2v) is 5.75. The fraction of sp³-hybridized carbons (Fsp3) is 0.714. The van der Waals surface area contributed by atoms with Crippen molar-refractivity contribution in [3.05, 3.63) is 11.9 Å². The fourth-order valence-electron chi connectivity index (χ4n) is 1.21. The van der Waals surface area contributed by atoms with Gasteiger partial charge >= 0.3 is 0 Å². The molecular weight excluding hydrogens is 163 g/mol. The number of hydrogen-bond acceptors (Lipinski definition) is 3. The van der Waals surface area contributed by atoms with Crippen molar-refractivity contribution in [1.29, 1.82) is 0 Å². The van der Waals surface area contributed by atoms with E-state index in [0.717, 1.165) is 0 Å². The van der Waals surface area contributed by atoms with Gasteiger partial charge in [0.05, 0.1) is 5.60 Å². The Hall–Kier alpha value is -0.110. The van der Waals surface area contributed by atoms with E-state index in [1.54, 1.807) is 6.92 Å². The highest BCUT2D eigenvalue weighted by Crippen LogP contribution is 2.64. The van der Waals surface area contributed by atoms with Crippen LogP contribution in [-0.2, 0) is 9.09 Å². The molecule has 1 fully saturated rings. The molecule has 1 heterocycles. The normalized spacial score (nSPS) is 44.8. The monoisotopic (exact) mass is 176 g/mol. The first kappa shape index (κ1) is 8.98. The summed E-state index contributed by atoms with van der Waals surface area (Å²) in [7, 11) is -1.31. The van der Waals surface area contributed by atoms with Gasteiger partial charge in [-0.3, -0.25) is 4.57 Å². The van der Waals surface area contributed by atoms with Crippen molar-refractivity contribution in [2.75, 3.05) is 13.3 Å². The summed E-state index contributed by atoms with van der Waals surface area (Å²) in [6.07, 6.45) is 0.895. The van der Waals surface area contributed by atoms with E-state index in [2.05, 4.69) is 6.58 Å². The molecule has 0 aliphatic carbocycles. The highest BCUT2D eigenvalue weighted by atomic mass is 31.2. The lowest BCUT2D eigenvalue weighted by Gasteiger charge is -2.18. The zero-order valence-corrected chi connectivity index (χ0v) is 7.73. The van der Waals surface area contributed by atoms with Crippen molar-refractivity contribution in [3.63, 3.8) is 0 Å². The quantitative estimate of drug-likeness (QED) is 0.617. The highest BCUT2D eigenvalue weighted by Gasteiger charge is 2.45. The van der Waals surface area contributed by atoms with Gasteiger partial charge in [0.25, 0.3) is 0 Å². The lowest BCUT2D eigenvalue weighted by molar-refractivity contribution is 0.110. The van der Waals surface area contributed by atoms with Crippen molar-refractivity contribution in [2.24, 2.45) is 0 Å². The van der Waals surface area contributed by atoms with Gasteiger partial charge in [0.2, 0.25) is 7.37 Å². The smallest absolute Gasteiger partial charge is 0.230 e. The summed E-state index contributed by atoms with van der Waals surface area (Å²) in [5.41, 5.74) is -0.995. The molecule has 1 N–H and O–H groups in total. The van der Waals surface area contributed by atoms with Crippen molar-refractivity contribution >= 4 is 7.37 Å². The van der Waals surface area contributed by atoms with E-state index in [9.17, 15) is 9.67 Å². The molecule has 11 heavy (non-hydrogen) atoms. The maximum atomic E-state index is 11.6. The minimum atomic E-state index is -2.71. The molecule has 0 unspecified atom stereocenters. The standard InChI is InChI=1S/C7H13O3P/c1-6-7(2,8)4-5-11(6,9)10-3/h8H,1,4-5H2,2-3H3/t7-,11-/m1/s1. The predicted octanol–water partition coefficient (Wildman–Crippen LogP) is 1.58. The van der Waals surface area contributed by atoms with Crippen molar-refractivity contribution in [2.45, 2.75) is 18.9 Å². The van der Waals surface area contributed by atoms with Crippen LogP contribution < -0.4 is 0 Å². The van der Waals surface area contributed by atoms with Gasteiger partial charge in [-0.2, -0.15) is 0 Å². The Kier molecular flexibility index (Phi) is 1.99. The van der Waals surface area contributed by atoms with Crippen LogP contribution in [0.25, 0.3) is 0 Å². The molecule has 0 aromatic heterocycles. The molecule has 0 aromatic carbocycles. The molecule has 64 valence electrons. The molecule has 0 bridgehead atoms. The topological polar surface area (TPSA) is 46.5 Å². The van der Waals surface area contributed by atoms with Crippen LogP contribution in [0.3, 0.4) is 0 Å². The van der Waals surface area contributed by atoms with Gasteiger partial charge in [0, 0.05) is 18.6 Å². The van der Waals surface area contributed by atoms with E-state index in [-0.39, 0.29) is 0 Å². The van der Waals surface area contributed by atoms with Crippen LogP contribution in [-0.4, -0.2) is 24.0 Å². The molecule has 1 aliphatic heterocycles.